The van der Waals surface area contributed by atoms with Gasteiger partial charge in [-0.05, 0) is 37.0 Å². The van der Waals surface area contributed by atoms with Crippen LogP contribution in [-0.2, 0) is 9.53 Å². The standard InChI is InChI=1S/C20H31FN4O2/c1-25(20(26)19-14-27-11-9-22-19)10-4-2-3-8-17-13-18(24-23-17)15-6-5-7-16(21)12-15/h5-7,12,17-19,22-24H,2-4,8-11,13-14H2,1H3. The van der Waals surface area contributed by atoms with Crippen molar-refractivity contribution in [3.05, 3.63) is 35.6 Å². The molecular formula is C20H31FN4O2. The fourth-order valence-corrected chi connectivity index (χ4v) is 3.77. The number of ether oxygens (including phenoxy) is 1. The summed E-state index contributed by atoms with van der Waals surface area (Å²) in [5, 5.41) is 3.20. The van der Waals surface area contributed by atoms with E-state index < -0.39 is 0 Å². The molecule has 2 fully saturated rings. The van der Waals surface area contributed by atoms with Crippen molar-refractivity contribution in [3.8, 4) is 0 Å². The number of likely N-dealkylation sites (N-methyl/N-ethyl adjacent to an activating group) is 1. The molecule has 7 heteroatoms. The number of carbonyl (C=O) groups excluding carboxylic acids is 1. The van der Waals surface area contributed by atoms with Crippen LogP contribution in [0.2, 0.25) is 0 Å². The molecule has 27 heavy (non-hydrogen) atoms. The van der Waals surface area contributed by atoms with Crippen molar-refractivity contribution in [2.45, 2.75) is 50.2 Å². The zero-order valence-electron chi connectivity index (χ0n) is 16.0. The van der Waals surface area contributed by atoms with Gasteiger partial charge in [-0.1, -0.05) is 25.0 Å². The minimum atomic E-state index is -0.197. The number of hydrogen-bond acceptors (Lipinski definition) is 5. The molecule has 3 atom stereocenters. The zero-order valence-corrected chi connectivity index (χ0v) is 16.0. The van der Waals surface area contributed by atoms with Crippen LogP contribution in [0, 0.1) is 5.82 Å². The molecule has 3 rings (SSSR count). The van der Waals surface area contributed by atoms with E-state index in [0.29, 0.717) is 19.3 Å². The van der Waals surface area contributed by atoms with Gasteiger partial charge in [0.25, 0.3) is 0 Å². The average molecular weight is 378 g/mol. The van der Waals surface area contributed by atoms with Gasteiger partial charge >= 0.3 is 0 Å². The lowest BCUT2D eigenvalue weighted by Gasteiger charge is -2.27. The lowest BCUT2D eigenvalue weighted by molar-refractivity contribution is -0.135. The summed E-state index contributed by atoms with van der Waals surface area (Å²) in [4.78, 5) is 14.1. The summed E-state index contributed by atoms with van der Waals surface area (Å²) >= 11 is 0. The Labute approximate surface area is 160 Å². The van der Waals surface area contributed by atoms with Crippen molar-refractivity contribution in [2.75, 3.05) is 33.4 Å². The summed E-state index contributed by atoms with van der Waals surface area (Å²) in [7, 11) is 1.87. The molecule has 0 saturated carbocycles. The van der Waals surface area contributed by atoms with E-state index in [1.165, 1.54) is 6.07 Å². The van der Waals surface area contributed by atoms with Gasteiger partial charge in [0, 0.05) is 32.2 Å². The number of carbonyl (C=O) groups is 1. The molecule has 2 saturated heterocycles. The molecular weight excluding hydrogens is 347 g/mol. The summed E-state index contributed by atoms with van der Waals surface area (Å²) < 4.78 is 18.7. The third kappa shape index (κ3) is 5.97. The van der Waals surface area contributed by atoms with Crippen molar-refractivity contribution < 1.29 is 13.9 Å². The highest BCUT2D eigenvalue weighted by Gasteiger charge is 2.25. The second-order valence-electron chi connectivity index (χ2n) is 7.52. The Hall–Kier alpha value is -1.54. The van der Waals surface area contributed by atoms with Gasteiger partial charge in [0.05, 0.1) is 13.2 Å². The topological polar surface area (TPSA) is 65.6 Å². The van der Waals surface area contributed by atoms with Crippen LogP contribution in [0.5, 0.6) is 0 Å². The van der Waals surface area contributed by atoms with E-state index in [2.05, 4.69) is 16.2 Å². The van der Waals surface area contributed by atoms with Crippen LogP contribution in [0.3, 0.4) is 0 Å². The maximum atomic E-state index is 13.4. The Kier molecular flexibility index (Phi) is 7.58. The maximum absolute atomic E-state index is 13.4. The Bertz CT molecular complexity index is 609. The van der Waals surface area contributed by atoms with Gasteiger partial charge in [0.1, 0.15) is 11.9 Å². The van der Waals surface area contributed by atoms with E-state index >= 15 is 0 Å². The van der Waals surface area contributed by atoms with Crippen LogP contribution >= 0.6 is 0 Å². The van der Waals surface area contributed by atoms with E-state index in [1.54, 1.807) is 12.1 Å². The first kappa shape index (κ1) is 20.2. The number of halogens is 1. The Morgan fingerprint density at radius 3 is 2.96 bits per heavy atom. The third-order valence-corrected chi connectivity index (χ3v) is 5.38. The van der Waals surface area contributed by atoms with Crippen LogP contribution in [-0.4, -0.2) is 56.2 Å². The van der Waals surface area contributed by atoms with Crippen molar-refractivity contribution in [3.63, 3.8) is 0 Å². The second kappa shape index (κ2) is 10.1. The van der Waals surface area contributed by atoms with Crippen molar-refractivity contribution in [2.24, 2.45) is 0 Å². The van der Waals surface area contributed by atoms with E-state index in [-0.39, 0.29) is 23.8 Å². The van der Waals surface area contributed by atoms with E-state index in [9.17, 15) is 9.18 Å². The quantitative estimate of drug-likeness (QED) is 0.602. The fourth-order valence-electron chi connectivity index (χ4n) is 3.77. The molecule has 3 unspecified atom stereocenters. The van der Waals surface area contributed by atoms with Crippen LogP contribution in [0.4, 0.5) is 4.39 Å². The molecule has 0 bridgehead atoms. The number of unbranched alkanes of at least 4 members (excludes halogenated alkanes) is 2. The highest BCUT2D eigenvalue weighted by atomic mass is 19.1. The predicted octanol–water partition coefficient (Wildman–Crippen LogP) is 1.74. The normalized spacial score (nSPS) is 25.5. The molecule has 0 aliphatic carbocycles. The lowest BCUT2D eigenvalue weighted by Crippen LogP contribution is -2.51. The Morgan fingerprint density at radius 2 is 2.19 bits per heavy atom. The van der Waals surface area contributed by atoms with Crippen LogP contribution in [0.25, 0.3) is 0 Å². The fraction of sp³-hybridized carbons (Fsp3) is 0.650. The zero-order chi connectivity index (χ0) is 19.1. The summed E-state index contributed by atoms with van der Waals surface area (Å²) in [5.41, 5.74) is 7.59. The summed E-state index contributed by atoms with van der Waals surface area (Å²) in [6, 6.07) is 7.16. The number of nitrogens with one attached hydrogen (secondary N) is 3. The average Bonchev–Trinajstić information content (AvgIpc) is 3.16. The number of hydrazine groups is 1. The number of morpholine rings is 1. The molecule has 0 spiro atoms. The first-order valence-corrected chi connectivity index (χ1v) is 9.96. The summed E-state index contributed by atoms with van der Waals surface area (Å²) in [5.74, 6) is -0.0688. The highest BCUT2D eigenvalue weighted by molar-refractivity contribution is 5.81. The summed E-state index contributed by atoms with van der Waals surface area (Å²) in [6.45, 7) is 2.66. The van der Waals surface area contributed by atoms with E-state index in [4.69, 9.17) is 4.74 Å². The van der Waals surface area contributed by atoms with Gasteiger partial charge in [-0.15, -0.1) is 0 Å². The molecule has 1 aromatic carbocycles. The molecule has 2 heterocycles. The molecule has 1 amide bonds. The Balaban J connectivity index is 1.29. The van der Waals surface area contributed by atoms with Gasteiger partial charge in [-0.2, -0.15) is 0 Å². The van der Waals surface area contributed by atoms with Gasteiger partial charge in [-0.3, -0.25) is 15.6 Å². The van der Waals surface area contributed by atoms with Crippen LogP contribution < -0.4 is 16.2 Å². The highest BCUT2D eigenvalue weighted by Crippen LogP contribution is 2.25. The molecule has 6 nitrogen and oxygen atoms in total. The van der Waals surface area contributed by atoms with Gasteiger partial charge in [0.15, 0.2) is 0 Å². The summed E-state index contributed by atoms with van der Waals surface area (Å²) in [6.07, 6.45) is 5.25. The smallest absolute Gasteiger partial charge is 0.241 e. The lowest BCUT2D eigenvalue weighted by atomic mass is 9.99. The van der Waals surface area contributed by atoms with Crippen LogP contribution in [0.15, 0.2) is 24.3 Å². The minimum absolute atomic E-state index is 0.120. The first-order valence-electron chi connectivity index (χ1n) is 9.96. The molecule has 2 aliphatic heterocycles. The molecule has 1 aromatic rings. The second-order valence-corrected chi connectivity index (χ2v) is 7.52. The maximum Gasteiger partial charge on any atom is 0.241 e. The number of hydrogen-bond donors (Lipinski definition) is 3. The largest absolute Gasteiger partial charge is 0.378 e. The molecule has 150 valence electrons. The van der Waals surface area contributed by atoms with Gasteiger partial charge in [-0.25, -0.2) is 4.39 Å². The van der Waals surface area contributed by atoms with E-state index in [1.807, 2.05) is 18.0 Å². The number of rotatable bonds is 8. The first-order chi connectivity index (χ1) is 13.1. The van der Waals surface area contributed by atoms with Crippen molar-refractivity contribution in [1.29, 1.82) is 0 Å². The van der Waals surface area contributed by atoms with Gasteiger partial charge < -0.3 is 15.0 Å². The third-order valence-electron chi connectivity index (χ3n) is 5.38. The minimum Gasteiger partial charge on any atom is -0.378 e. The van der Waals surface area contributed by atoms with Crippen molar-refractivity contribution in [1.82, 2.24) is 21.1 Å². The van der Waals surface area contributed by atoms with Gasteiger partial charge in [0.2, 0.25) is 5.91 Å². The Morgan fingerprint density at radius 1 is 1.30 bits per heavy atom. The molecule has 0 radical (unpaired) electrons. The SMILES string of the molecule is CN(CCCCCC1CC(c2cccc(F)c2)NN1)C(=O)C1COCCN1. The predicted molar refractivity (Wildman–Crippen MR) is 103 cm³/mol. The monoisotopic (exact) mass is 378 g/mol. The van der Waals surface area contributed by atoms with E-state index in [0.717, 1.165) is 50.8 Å². The number of amides is 1. The molecule has 2 aliphatic rings. The van der Waals surface area contributed by atoms with Crippen LogP contribution in [0.1, 0.15) is 43.7 Å². The number of benzene rings is 1. The van der Waals surface area contributed by atoms with Crippen molar-refractivity contribution >= 4 is 5.91 Å². The molecule has 3 N–H and O–H groups in total. The molecule has 0 aromatic heterocycles. The number of nitrogens with zero attached hydrogens (tertiary/aromatic N) is 1.